The molecule has 0 aromatic heterocycles. The molecule has 1 aliphatic heterocycles. The molecule has 0 aliphatic carbocycles. The number of anilines is 1. The first-order valence-electron chi connectivity index (χ1n) is 6.63. The smallest absolute Gasteiger partial charge is 0.245 e. The van der Waals surface area contributed by atoms with Crippen molar-refractivity contribution in [1.29, 1.82) is 0 Å². The number of halogens is 1. The van der Waals surface area contributed by atoms with Gasteiger partial charge < -0.3 is 10.6 Å². The van der Waals surface area contributed by atoms with Crippen LogP contribution in [0, 0.1) is 5.82 Å². The maximum Gasteiger partial charge on any atom is 0.245 e. The number of rotatable bonds is 2. The molecule has 1 aromatic carbocycles. The molecule has 1 aliphatic rings. The molecule has 1 fully saturated rings. The second-order valence-electron chi connectivity index (χ2n) is 4.95. The fourth-order valence-electron chi connectivity index (χ4n) is 2.32. The standard InChI is InChI=1S/C13H18FN3O3S/c1-10(18)16-5-2-6-17(8-7-16)21(19,20)13-9-11(14)3-4-12(13)15/h3-4,9H,2,5-8,15H2,1H3. The Morgan fingerprint density at radius 2 is 1.95 bits per heavy atom. The molecular formula is C13H18FN3O3S. The highest BCUT2D eigenvalue weighted by Crippen LogP contribution is 2.24. The lowest BCUT2D eigenvalue weighted by atomic mass is 10.3. The summed E-state index contributed by atoms with van der Waals surface area (Å²) in [7, 11) is -3.86. The molecule has 21 heavy (non-hydrogen) atoms. The van der Waals surface area contributed by atoms with Crippen LogP contribution in [-0.2, 0) is 14.8 Å². The van der Waals surface area contributed by atoms with Crippen LogP contribution < -0.4 is 5.73 Å². The maximum atomic E-state index is 13.3. The first-order chi connectivity index (χ1) is 9.82. The molecule has 8 heteroatoms. The van der Waals surface area contributed by atoms with Crippen molar-refractivity contribution in [3.05, 3.63) is 24.0 Å². The zero-order chi connectivity index (χ0) is 15.6. The third-order valence-corrected chi connectivity index (χ3v) is 5.45. The van der Waals surface area contributed by atoms with Gasteiger partial charge in [0.15, 0.2) is 0 Å². The Labute approximate surface area is 123 Å². The van der Waals surface area contributed by atoms with Crippen molar-refractivity contribution in [3.63, 3.8) is 0 Å². The highest BCUT2D eigenvalue weighted by molar-refractivity contribution is 7.89. The third kappa shape index (κ3) is 3.33. The van der Waals surface area contributed by atoms with Crippen LogP contribution in [0.4, 0.5) is 10.1 Å². The number of hydrogen-bond donors (Lipinski definition) is 1. The predicted molar refractivity (Wildman–Crippen MR) is 76.4 cm³/mol. The van der Waals surface area contributed by atoms with Gasteiger partial charge in [0.1, 0.15) is 10.7 Å². The van der Waals surface area contributed by atoms with E-state index in [9.17, 15) is 17.6 Å². The van der Waals surface area contributed by atoms with E-state index in [1.807, 2.05) is 0 Å². The molecule has 0 radical (unpaired) electrons. The first-order valence-corrected chi connectivity index (χ1v) is 8.07. The van der Waals surface area contributed by atoms with Crippen LogP contribution in [-0.4, -0.2) is 49.7 Å². The number of nitrogens with two attached hydrogens (primary N) is 1. The van der Waals surface area contributed by atoms with E-state index in [-0.39, 0.29) is 29.6 Å². The number of benzene rings is 1. The molecule has 0 spiro atoms. The Balaban J connectivity index is 2.27. The summed E-state index contributed by atoms with van der Waals surface area (Å²) in [6.45, 7) is 2.75. The molecule has 0 bridgehead atoms. The molecule has 2 rings (SSSR count). The molecule has 1 saturated heterocycles. The maximum absolute atomic E-state index is 13.3. The second kappa shape index (κ2) is 5.98. The van der Waals surface area contributed by atoms with Crippen molar-refractivity contribution in [2.24, 2.45) is 0 Å². The lowest BCUT2D eigenvalue weighted by Gasteiger charge is -2.21. The summed E-state index contributed by atoms with van der Waals surface area (Å²) >= 11 is 0. The minimum Gasteiger partial charge on any atom is -0.398 e. The van der Waals surface area contributed by atoms with E-state index < -0.39 is 15.8 Å². The fourth-order valence-corrected chi connectivity index (χ4v) is 3.92. The van der Waals surface area contributed by atoms with E-state index in [2.05, 4.69) is 0 Å². The third-order valence-electron chi connectivity index (χ3n) is 3.49. The molecule has 0 atom stereocenters. The Kier molecular flexibility index (Phi) is 4.48. The lowest BCUT2D eigenvalue weighted by Crippen LogP contribution is -2.36. The molecule has 1 aromatic rings. The van der Waals surface area contributed by atoms with E-state index in [1.54, 1.807) is 4.90 Å². The molecule has 1 amide bonds. The molecule has 0 unspecified atom stereocenters. The van der Waals surface area contributed by atoms with Gasteiger partial charge in [-0.3, -0.25) is 4.79 Å². The Morgan fingerprint density at radius 3 is 2.62 bits per heavy atom. The highest BCUT2D eigenvalue weighted by atomic mass is 32.2. The molecular weight excluding hydrogens is 297 g/mol. The molecule has 116 valence electrons. The van der Waals surface area contributed by atoms with Crippen molar-refractivity contribution in [3.8, 4) is 0 Å². The second-order valence-corrected chi connectivity index (χ2v) is 6.85. The van der Waals surface area contributed by atoms with Crippen LogP contribution in [0.25, 0.3) is 0 Å². The summed E-state index contributed by atoms with van der Waals surface area (Å²) in [6.07, 6.45) is 0.536. The zero-order valence-corrected chi connectivity index (χ0v) is 12.6. The Hall–Kier alpha value is -1.67. The van der Waals surface area contributed by atoms with Crippen LogP contribution in [0.3, 0.4) is 0 Å². The van der Waals surface area contributed by atoms with E-state index in [0.29, 0.717) is 19.5 Å². The van der Waals surface area contributed by atoms with Gasteiger partial charge in [0.2, 0.25) is 15.9 Å². The zero-order valence-electron chi connectivity index (χ0n) is 11.8. The number of amides is 1. The molecule has 0 saturated carbocycles. The quantitative estimate of drug-likeness (QED) is 0.812. The number of carbonyl (C=O) groups excluding carboxylic acids is 1. The first kappa shape index (κ1) is 15.7. The van der Waals surface area contributed by atoms with Crippen LogP contribution in [0.2, 0.25) is 0 Å². The Morgan fingerprint density at radius 1 is 1.24 bits per heavy atom. The van der Waals surface area contributed by atoms with E-state index in [1.165, 1.54) is 17.3 Å². The fraction of sp³-hybridized carbons (Fsp3) is 0.462. The minimum atomic E-state index is -3.86. The van der Waals surface area contributed by atoms with Gasteiger partial charge in [0.25, 0.3) is 0 Å². The van der Waals surface area contributed by atoms with E-state index in [0.717, 1.165) is 12.1 Å². The van der Waals surface area contributed by atoms with Crippen LogP contribution in [0.15, 0.2) is 23.1 Å². The molecule has 2 N–H and O–H groups in total. The summed E-state index contributed by atoms with van der Waals surface area (Å²) in [5.74, 6) is -0.734. The van der Waals surface area contributed by atoms with Crippen molar-refractivity contribution >= 4 is 21.6 Å². The van der Waals surface area contributed by atoms with Crippen molar-refractivity contribution < 1.29 is 17.6 Å². The van der Waals surface area contributed by atoms with Crippen molar-refractivity contribution in [1.82, 2.24) is 9.21 Å². The summed E-state index contributed by atoms with van der Waals surface area (Å²) < 4.78 is 39.7. The number of nitrogens with zero attached hydrogens (tertiary/aromatic N) is 2. The largest absolute Gasteiger partial charge is 0.398 e. The highest BCUT2D eigenvalue weighted by Gasteiger charge is 2.29. The minimum absolute atomic E-state index is 0.0177. The number of hydrogen-bond acceptors (Lipinski definition) is 4. The summed E-state index contributed by atoms with van der Waals surface area (Å²) in [6, 6.07) is 3.29. The number of sulfonamides is 1. The van der Waals surface area contributed by atoms with Gasteiger partial charge in [-0.15, -0.1) is 0 Å². The van der Waals surface area contributed by atoms with Crippen molar-refractivity contribution in [2.45, 2.75) is 18.2 Å². The van der Waals surface area contributed by atoms with Gasteiger partial charge >= 0.3 is 0 Å². The normalized spacial score (nSPS) is 17.5. The van der Waals surface area contributed by atoms with Crippen molar-refractivity contribution in [2.75, 3.05) is 31.9 Å². The van der Waals surface area contributed by atoms with Crippen LogP contribution >= 0.6 is 0 Å². The van der Waals surface area contributed by atoms with Crippen LogP contribution in [0.5, 0.6) is 0 Å². The average molecular weight is 315 g/mol. The summed E-state index contributed by atoms with van der Waals surface area (Å²) in [5, 5.41) is 0. The molecule has 6 nitrogen and oxygen atoms in total. The number of carbonyl (C=O) groups is 1. The predicted octanol–water partition coefficient (Wildman–Crippen LogP) is 0.651. The van der Waals surface area contributed by atoms with Gasteiger partial charge in [0.05, 0.1) is 5.69 Å². The molecule has 1 heterocycles. The number of nitrogen functional groups attached to an aromatic ring is 1. The monoisotopic (exact) mass is 315 g/mol. The van der Waals surface area contributed by atoms with Crippen LogP contribution in [0.1, 0.15) is 13.3 Å². The summed E-state index contributed by atoms with van der Waals surface area (Å²) in [5.41, 5.74) is 5.68. The summed E-state index contributed by atoms with van der Waals surface area (Å²) in [4.78, 5) is 12.7. The van der Waals surface area contributed by atoms with Gasteiger partial charge in [-0.2, -0.15) is 4.31 Å². The van der Waals surface area contributed by atoms with E-state index >= 15 is 0 Å². The lowest BCUT2D eigenvalue weighted by molar-refractivity contribution is -0.128. The topological polar surface area (TPSA) is 83.7 Å². The average Bonchev–Trinajstić information content (AvgIpc) is 2.67. The Bertz CT molecular complexity index is 648. The SMILES string of the molecule is CC(=O)N1CCCN(S(=O)(=O)c2cc(F)ccc2N)CC1. The van der Waals surface area contributed by atoms with Gasteiger partial charge in [0, 0.05) is 33.1 Å². The van der Waals surface area contributed by atoms with Gasteiger partial charge in [-0.05, 0) is 24.6 Å². The van der Waals surface area contributed by atoms with Gasteiger partial charge in [-0.1, -0.05) is 0 Å². The van der Waals surface area contributed by atoms with Gasteiger partial charge in [-0.25, -0.2) is 12.8 Å². The van der Waals surface area contributed by atoms with E-state index in [4.69, 9.17) is 5.73 Å².